The Labute approximate surface area is 121 Å². The van der Waals surface area contributed by atoms with Gasteiger partial charge in [0.1, 0.15) is 12.1 Å². The summed E-state index contributed by atoms with van der Waals surface area (Å²) in [6.07, 6.45) is 1.79. The van der Waals surface area contributed by atoms with Crippen molar-refractivity contribution in [3.63, 3.8) is 0 Å². The molecule has 19 heavy (non-hydrogen) atoms. The van der Waals surface area contributed by atoms with E-state index in [2.05, 4.69) is 22.0 Å². The second-order valence-corrected chi connectivity index (χ2v) is 5.23. The van der Waals surface area contributed by atoms with Crippen LogP contribution in [0.2, 0.25) is 0 Å². The molecule has 1 aromatic carbocycles. The standard InChI is InChI=1S/C14H15BrN2O2/c1-2-19-14(18)13-4-3-7-17(13)11-6-5-10(9-16)12(15)8-11/h5-6,8,13H,2-4,7H2,1H3. The van der Waals surface area contributed by atoms with Gasteiger partial charge in [-0.05, 0) is 53.9 Å². The summed E-state index contributed by atoms with van der Waals surface area (Å²) in [6.45, 7) is 3.05. The Balaban J connectivity index is 2.23. The molecular weight excluding hydrogens is 308 g/mol. The average Bonchev–Trinajstić information content (AvgIpc) is 2.88. The van der Waals surface area contributed by atoms with Crippen LogP contribution in [0.15, 0.2) is 22.7 Å². The molecule has 0 saturated carbocycles. The van der Waals surface area contributed by atoms with E-state index in [9.17, 15) is 4.79 Å². The maximum absolute atomic E-state index is 11.9. The van der Waals surface area contributed by atoms with Crippen LogP contribution in [0.25, 0.3) is 0 Å². The van der Waals surface area contributed by atoms with Crippen LogP contribution in [-0.4, -0.2) is 25.2 Å². The number of esters is 1. The minimum atomic E-state index is -0.209. The largest absolute Gasteiger partial charge is 0.464 e. The highest BCUT2D eigenvalue weighted by Gasteiger charge is 2.32. The van der Waals surface area contributed by atoms with Gasteiger partial charge < -0.3 is 9.64 Å². The smallest absolute Gasteiger partial charge is 0.328 e. The number of anilines is 1. The van der Waals surface area contributed by atoms with Gasteiger partial charge in [-0.2, -0.15) is 5.26 Å². The summed E-state index contributed by atoms with van der Waals surface area (Å²) < 4.78 is 5.86. The summed E-state index contributed by atoms with van der Waals surface area (Å²) in [5.41, 5.74) is 1.54. The molecule has 2 rings (SSSR count). The van der Waals surface area contributed by atoms with Gasteiger partial charge in [-0.1, -0.05) is 0 Å². The van der Waals surface area contributed by atoms with Crippen molar-refractivity contribution in [2.45, 2.75) is 25.8 Å². The average molecular weight is 323 g/mol. The number of carbonyl (C=O) groups is 1. The maximum atomic E-state index is 11.9. The molecule has 1 saturated heterocycles. The molecule has 1 aliphatic rings. The Morgan fingerprint density at radius 1 is 1.63 bits per heavy atom. The molecule has 5 heteroatoms. The molecule has 0 bridgehead atoms. The number of carbonyl (C=O) groups excluding carboxylic acids is 1. The Morgan fingerprint density at radius 3 is 3.05 bits per heavy atom. The summed E-state index contributed by atoms with van der Waals surface area (Å²) in [4.78, 5) is 14.0. The number of benzene rings is 1. The van der Waals surface area contributed by atoms with Gasteiger partial charge in [0.15, 0.2) is 0 Å². The molecule has 100 valence electrons. The number of halogens is 1. The molecule has 1 heterocycles. The van der Waals surface area contributed by atoms with Gasteiger partial charge in [0.25, 0.3) is 0 Å². The predicted molar refractivity (Wildman–Crippen MR) is 75.9 cm³/mol. The summed E-state index contributed by atoms with van der Waals surface area (Å²) >= 11 is 3.38. The van der Waals surface area contributed by atoms with Crippen molar-refractivity contribution in [2.24, 2.45) is 0 Å². The van der Waals surface area contributed by atoms with Crippen LogP contribution < -0.4 is 4.90 Å². The van der Waals surface area contributed by atoms with Gasteiger partial charge in [0.2, 0.25) is 0 Å². The van der Waals surface area contributed by atoms with Gasteiger partial charge in [-0.15, -0.1) is 0 Å². The molecule has 0 aromatic heterocycles. The predicted octanol–water partition coefficient (Wildman–Crippen LogP) is 2.85. The van der Waals surface area contributed by atoms with Gasteiger partial charge in [0.05, 0.1) is 12.2 Å². The van der Waals surface area contributed by atoms with E-state index in [-0.39, 0.29) is 12.0 Å². The summed E-state index contributed by atoms with van der Waals surface area (Å²) in [5.74, 6) is -0.166. The number of hydrogen-bond acceptors (Lipinski definition) is 4. The molecule has 4 nitrogen and oxygen atoms in total. The first-order chi connectivity index (χ1) is 9.17. The number of hydrogen-bond donors (Lipinski definition) is 0. The molecule has 1 aromatic rings. The van der Waals surface area contributed by atoms with Crippen molar-refractivity contribution < 1.29 is 9.53 Å². The minimum Gasteiger partial charge on any atom is -0.464 e. The molecule has 0 spiro atoms. The van der Waals surface area contributed by atoms with Gasteiger partial charge in [-0.3, -0.25) is 0 Å². The van der Waals surface area contributed by atoms with E-state index in [0.29, 0.717) is 12.2 Å². The number of nitriles is 1. The van der Waals surface area contributed by atoms with Crippen LogP contribution in [0.1, 0.15) is 25.3 Å². The van der Waals surface area contributed by atoms with Crippen molar-refractivity contribution >= 4 is 27.6 Å². The van der Waals surface area contributed by atoms with Crippen LogP contribution in [0, 0.1) is 11.3 Å². The van der Waals surface area contributed by atoms with Crippen molar-refractivity contribution in [1.29, 1.82) is 5.26 Å². The van der Waals surface area contributed by atoms with E-state index in [0.717, 1.165) is 29.5 Å². The third kappa shape index (κ3) is 2.90. The van der Waals surface area contributed by atoms with Crippen LogP contribution >= 0.6 is 15.9 Å². The SMILES string of the molecule is CCOC(=O)C1CCCN1c1ccc(C#N)c(Br)c1. The molecule has 0 amide bonds. The number of rotatable bonds is 3. The summed E-state index contributed by atoms with van der Waals surface area (Å²) in [7, 11) is 0. The lowest BCUT2D eigenvalue weighted by Gasteiger charge is -2.25. The first kappa shape index (κ1) is 13.9. The van der Waals surface area contributed by atoms with Crippen LogP contribution in [0.4, 0.5) is 5.69 Å². The molecule has 0 aliphatic carbocycles. The van der Waals surface area contributed by atoms with Gasteiger partial charge in [-0.25, -0.2) is 4.79 Å². The molecule has 1 fully saturated rings. The first-order valence-electron chi connectivity index (χ1n) is 6.30. The third-order valence-corrected chi connectivity index (χ3v) is 3.87. The fraction of sp³-hybridized carbons (Fsp3) is 0.429. The zero-order chi connectivity index (χ0) is 13.8. The molecular formula is C14H15BrN2O2. The Kier molecular flexibility index (Phi) is 4.43. The molecule has 1 unspecified atom stereocenters. The first-order valence-corrected chi connectivity index (χ1v) is 7.09. The summed E-state index contributed by atoms with van der Waals surface area (Å²) in [6, 6.07) is 7.43. The van der Waals surface area contributed by atoms with Crippen LogP contribution in [0.3, 0.4) is 0 Å². The van der Waals surface area contributed by atoms with E-state index >= 15 is 0 Å². The van der Waals surface area contributed by atoms with Gasteiger partial charge >= 0.3 is 5.97 Å². The highest BCUT2D eigenvalue weighted by Crippen LogP contribution is 2.30. The van der Waals surface area contributed by atoms with E-state index in [1.54, 1.807) is 6.07 Å². The van der Waals surface area contributed by atoms with E-state index < -0.39 is 0 Å². The Morgan fingerprint density at radius 2 is 2.42 bits per heavy atom. The lowest BCUT2D eigenvalue weighted by atomic mass is 10.2. The fourth-order valence-corrected chi connectivity index (χ4v) is 2.79. The minimum absolute atomic E-state index is 0.166. The Bertz CT molecular complexity index is 525. The van der Waals surface area contributed by atoms with Crippen molar-refractivity contribution in [3.8, 4) is 6.07 Å². The normalized spacial score (nSPS) is 18.2. The highest BCUT2D eigenvalue weighted by atomic mass is 79.9. The van der Waals surface area contributed by atoms with Crippen molar-refractivity contribution in [3.05, 3.63) is 28.2 Å². The molecule has 1 atom stereocenters. The van der Waals surface area contributed by atoms with Crippen LogP contribution in [0.5, 0.6) is 0 Å². The van der Waals surface area contributed by atoms with Crippen molar-refractivity contribution in [1.82, 2.24) is 0 Å². The zero-order valence-corrected chi connectivity index (χ0v) is 12.3. The number of ether oxygens (including phenoxy) is 1. The van der Waals surface area contributed by atoms with Crippen molar-refractivity contribution in [2.75, 3.05) is 18.1 Å². The summed E-state index contributed by atoms with van der Waals surface area (Å²) in [5, 5.41) is 8.92. The highest BCUT2D eigenvalue weighted by molar-refractivity contribution is 9.10. The van der Waals surface area contributed by atoms with Gasteiger partial charge in [0, 0.05) is 16.7 Å². The number of nitrogens with zero attached hydrogens (tertiary/aromatic N) is 2. The monoisotopic (exact) mass is 322 g/mol. The molecule has 0 N–H and O–H groups in total. The van der Waals surface area contributed by atoms with E-state index in [1.807, 2.05) is 24.0 Å². The van der Waals surface area contributed by atoms with E-state index in [4.69, 9.17) is 10.00 Å². The topological polar surface area (TPSA) is 53.3 Å². The molecule has 1 aliphatic heterocycles. The zero-order valence-electron chi connectivity index (χ0n) is 10.7. The maximum Gasteiger partial charge on any atom is 0.328 e. The fourth-order valence-electron chi connectivity index (χ4n) is 2.33. The quantitative estimate of drug-likeness (QED) is 0.803. The second-order valence-electron chi connectivity index (χ2n) is 4.38. The lowest BCUT2D eigenvalue weighted by molar-refractivity contribution is -0.144. The second kappa shape index (κ2) is 6.07. The molecule has 0 radical (unpaired) electrons. The van der Waals surface area contributed by atoms with Crippen LogP contribution in [-0.2, 0) is 9.53 Å². The lowest BCUT2D eigenvalue weighted by Crippen LogP contribution is -2.37. The Hall–Kier alpha value is -1.54. The third-order valence-electron chi connectivity index (χ3n) is 3.22. The van der Waals surface area contributed by atoms with E-state index in [1.165, 1.54) is 0 Å².